The summed E-state index contributed by atoms with van der Waals surface area (Å²) >= 11 is 5.71. The molecule has 0 amide bonds. The van der Waals surface area contributed by atoms with Crippen molar-refractivity contribution in [2.24, 2.45) is 5.41 Å². The minimum absolute atomic E-state index is 0.0442. The van der Waals surface area contributed by atoms with E-state index in [1.165, 1.54) is 12.1 Å². The van der Waals surface area contributed by atoms with E-state index in [1.807, 2.05) is 0 Å². The molecule has 1 rings (SSSR count). The van der Waals surface area contributed by atoms with Gasteiger partial charge in [0.15, 0.2) is 0 Å². The Balaban J connectivity index is 3.02. The molecule has 0 heterocycles. The second-order valence-corrected chi connectivity index (χ2v) is 4.64. The van der Waals surface area contributed by atoms with E-state index in [4.69, 9.17) is 16.3 Å². The van der Waals surface area contributed by atoms with Gasteiger partial charge in [-0.15, -0.1) is 6.58 Å². The Morgan fingerprint density at radius 1 is 1.61 bits per heavy atom. The van der Waals surface area contributed by atoms with Gasteiger partial charge in [0.25, 0.3) is 0 Å². The van der Waals surface area contributed by atoms with Gasteiger partial charge >= 0.3 is 5.97 Å². The summed E-state index contributed by atoms with van der Waals surface area (Å²) in [5.74, 6) is -0.920. The summed E-state index contributed by atoms with van der Waals surface area (Å²) in [4.78, 5) is 11.8. The molecular weight excluding hydrogens is 255 g/mol. The van der Waals surface area contributed by atoms with Gasteiger partial charge in [-0.2, -0.15) is 0 Å². The summed E-state index contributed by atoms with van der Waals surface area (Å²) in [6, 6.07) is 4.72. The monoisotopic (exact) mass is 270 g/mol. The van der Waals surface area contributed by atoms with Gasteiger partial charge in [-0.3, -0.25) is 4.79 Å². The molecule has 0 spiro atoms. The van der Waals surface area contributed by atoms with Gasteiger partial charge in [0.2, 0.25) is 0 Å². The highest BCUT2D eigenvalue weighted by Gasteiger charge is 2.32. The molecule has 0 aliphatic heterocycles. The molecule has 0 saturated heterocycles. The Labute approximate surface area is 111 Å². The highest BCUT2D eigenvalue weighted by Crippen LogP contribution is 2.29. The molecule has 0 aliphatic carbocycles. The number of halogens is 2. The van der Waals surface area contributed by atoms with Crippen LogP contribution in [0, 0.1) is 11.2 Å². The summed E-state index contributed by atoms with van der Waals surface area (Å²) in [5.41, 5.74) is -0.584. The van der Waals surface area contributed by atoms with Crippen LogP contribution in [-0.4, -0.2) is 12.6 Å². The zero-order valence-corrected chi connectivity index (χ0v) is 11.3. The maximum absolute atomic E-state index is 13.8. The van der Waals surface area contributed by atoms with Gasteiger partial charge in [0.1, 0.15) is 5.82 Å². The third kappa shape index (κ3) is 3.10. The van der Waals surface area contributed by atoms with Crippen molar-refractivity contribution in [2.45, 2.75) is 20.3 Å². The van der Waals surface area contributed by atoms with Crippen molar-refractivity contribution in [3.05, 3.63) is 47.3 Å². The molecule has 0 N–H and O–H groups in total. The van der Waals surface area contributed by atoms with Gasteiger partial charge < -0.3 is 4.74 Å². The van der Waals surface area contributed by atoms with Crippen LogP contribution >= 0.6 is 11.6 Å². The molecule has 1 atom stereocenters. The van der Waals surface area contributed by atoms with Crippen molar-refractivity contribution in [2.75, 3.05) is 6.61 Å². The SMILES string of the molecule is C=CC(C)(Cc1cccc(Cl)c1F)C(=O)OCC. The Bertz CT molecular complexity index is 459. The topological polar surface area (TPSA) is 26.3 Å². The smallest absolute Gasteiger partial charge is 0.315 e. The first-order valence-corrected chi connectivity index (χ1v) is 6.06. The second-order valence-electron chi connectivity index (χ2n) is 4.23. The first-order chi connectivity index (χ1) is 8.44. The quantitative estimate of drug-likeness (QED) is 0.601. The molecule has 0 radical (unpaired) electrons. The molecule has 0 saturated carbocycles. The lowest BCUT2D eigenvalue weighted by Crippen LogP contribution is -2.30. The number of hydrogen-bond donors (Lipinski definition) is 0. The Morgan fingerprint density at radius 2 is 2.28 bits per heavy atom. The van der Waals surface area contributed by atoms with E-state index < -0.39 is 17.2 Å². The Morgan fingerprint density at radius 3 is 2.83 bits per heavy atom. The van der Waals surface area contributed by atoms with Gasteiger partial charge in [-0.25, -0.2) is 4.39 Å². The number of benzene rings is 1. The van der Waals surface area contributed by atoms with Crippen molar-refractivity contribution < 1.29 is 13.9 Å². The van der Waals surface area contributed by atoms with Gasteiger partial charge in [0.05, 0.1) is 17.0 Å². The maximum Gasteiger partial charge on any atom is 0.315 e. The standard InChI is InChI=1S/C14H16ClFO2/c1-4-14(3,13(17)18-5-2)9-10-7-6-8-11(15)12(10)16/h4,6-8H,1,5,9H2,2-3H3. The van der Waals surface area contributed by atoms with E-state index in [-0.39, 0.29) is 18.1 Å². The van der Waals surface area contributed by atoms with Crippen LogP contribution in [0.4, 0.5) is 4.39 Å². The number of carbonyl (C=O) groups excluding carboxylic acids is 1. The number of hydrogen-bond acceptors (Lipinski definition) is 2. The van der Waals surface area contributed by atoms with Crippen LogP contribution in [0.3, 0.4) is 0 Å². The summed E-state index contributed by atoms with van der Waals surface area (Å²) in [6.07, 6.45) is 1.65. The minimum atomic E-state index is -0.957. The normalized spacial score (nSPS) is 13.8. The molecule has 2 nitrogen and oxygen atoms in total. The van der Waals surface area contributed by atoms with Crippen LogP contribution < -0.4 is 0 Å². The Hall–Kier alpha value is -1.35. The van der Waals surface area contributed by atoms with Crippen molar-refractivity contribution >= 4 is 17.6 Å². The van der Waals surface area contributed by atoms with Gasteiger partial charge in [-0.05, 0) is 31.9 Å². The van der Waals surface area contributed by atoms with Crippen molar-refractivity contribution in [1.82, 2.24) is 0 Å². The van der Waals surface area contributed by atoms with Crippen LogP contribution in [-0.2, 0) is 16.0 Å². The van der Waals surface area contributed by atoms with Crippen molar-refractivity contribution in [3.8, 4) is 0 Å². The molecule has 98 valence electrons. The maximum atomic E-state index is 13.8. The largest absolute Gasteiger partial charge is 0.465 e. The summed E-state index contributed by atoms with van der Waals surface area (Å²) in [6.45, 7) is 7.29. The summed E-state index contributed by atoms with van der Waals surface area (Å²) in [7, 11) is 0. The summed E-state index contributed by atoms with van der Waals surface area (Å²) in [5, 5.41) is 0.0442. The van der Waals surface area contributed by atoms with E-state index in [2.05, 4.69) is 6.58 Å². The molecule has 0 aliphatic rings. The first kappa shape index (κ1) is 14.7. The van der Waals surface area contributed by atoms with Crippen LogP contribution in [0.5, 0.6) is 0 Å². The molecule has 1 aromatic carbocycles. The van der Waals surface area contributed by atoms with E-state index in [0.29, 0.717) is 5.56 Å². The fraction of sp³-hybridized carbons (Fsp3) is 0.357. The zero-order chi connectivity index (χ0) is 13.8. The second kappa shape index (κ2) is 6.01. The molecule has 0 fully saturated rings. The first-order valence-electron chi connectivity index (χ1n) is 5.68. The number of rotatable bonds is 5. The van der Waals surface area contributed by atoms with Crippen LogP contribution in [0.1, 0.15) is 19.4 Å². The van der Waals surface area contributed by atoms with Gasteiger partial charge in [0, 0.05) is 0 Å². The lowest BCUT2D eigenvalue weighted by atomic mass is 9.83. The highest BCUT2D eigenvalue weighted by molar-refractivity contribution is 6.30. The van der Waals surface area contributed by atoms with E-state index in [9.17, 15) is 9.18 Å². The third-order valence-electron chi connectivity index (χ3n) is 2.78. The van der Waals surface area contributed by atoms with Crippen LogP contribution in [0.15, 0.2) is 30.9 Å². The summed E-state index contributed by atoms with van der Waals surface area (Å²) < 4.78 is 18.8. The molecular formula is C14H16ClFO2. The fourth-order valence-electron chi connectivity index (χ4n) is 1.60. The van der Waals surface area contributed by atoms with Crippen LogP contribution in [0.25, 0.3) is 0 Å². The molecule has 0 aromatic heterocycles. The van der Waals surface area contributed by atoms with Crippen molar-refractivity contribution in [1.29, 1.82) is 0 Å². The highest BCUT2D eigenvalue weighted by atomic mass is 35.5. The van der Waals surface area contributed by atoms with Gasteiger partial charge in [-0.1, -0.05) is 29.8 Å². The van der Waals surface area contributed by atoms with Crippen LogP contribution in [0.2, 0.25) is 5.02 Å². The van der Waals surface area contributed by atoms with E-state index in [1.54, 1.807) is 26.0 Å². The van der Waals surface area contributed by atoms with E-state index >= 15 is 0 Å². The molecule has 4 heteroatoms. The van der Waals surface area contributed by atoms with E-state index in [0.717, 1.165) is 0 Å². The number of esters is 1. The number of carbonyl (C=O) groups is 1. The fourth-order valence-corrected chi connectivity index (χ4v) is 1.80. The molecule has 0 bridgehead atoms. The molecule has 1 aromatic rings. The number of ether oxygens (including phenoxy) is 1. The van der Waals surface area contributed by atoms with Crippen molar-refractivity contribution in [3.63, 3.8) is 0 Å². The molecule has 18 heavy (non-hydrogen) atoms. The minimum Gasteiger partial charge on any atom is -0.465 e. The zero-order valence-electron chi connectivity index (χ0n) is 10.5. The Kier molecular flexibility index (Phi) is 4.91. The average molecular weight is 271 g/mol. The molecule has 1 unspecified atom stereocenters. The predicted molar refractivity (Wildman–Crippen MR) is 70.1 cm³/mol. The lowest BCUT2D eigenvalue weighted by molar-refractivity contribution is -0.151. The third-order valence-corrected chi connectivity index (χ3v) is 3.07. The average Bonchev–Trinajstić information content (AvgIpc) is 2.35. The lowest BCUT2D eigenvalue weighted by Gasteiger charge is -2.23. The predicted octanol–water partition coefficient (Wildman–Crippen LogP) is 3.78.